The molecule has 0 saturated heterocycles. The maximum Gasteiger partial charge on any atom is 0.251 e. The summed E-state index contributed by atoms with van der Waals surface area (Å²) in [5.74, 6) is 1.52. The molecule has 0 saturated carbocycles. The Labute approximate surface area is 117 Å². The van der Waals surface area contributed by atoms with E-state index in [4.69, 9.17) is 21.1 Å². The van der Waals surface area contributed by atoms with Gasteiger partial charge < -0.3 is 9.47 Å². The number of rotatable bonds is 8. The van der Waals surface area contributed by atoms with Gasteiger partial charge in [0.2, 0.25) is 0 Å². The number of ether oxygens (including phenoxy) is 2. The van der Waals surface area contributed by atoms with Crippen molar-refractivity contribution in [3.8, 4) is 11.5 Å². The molecule has 0 aliphatic carbocycles. The van der Waals surface area contributed by atoms with Gasteiger partial charge in [-0.05, 0) is 17.7 Å². The van der Waals surface area contributed by atoms with Crippen LogP contribution in [0.25, 0.3) is 0 Å². The van der Waals surface area contributed by atoms with Gasteiger partial charge in [0.15, 0.2) is 11.5 Å². The molecule has 1 aromatic rings. The summed E-state index contributed by atoms with van der Waals surface area (Å²) >= 11 is 5.62. The molecule has 0 N–H and O–H groups in total. The Morgan fingerprint density at radius 3 is 2.42 bits per heavy atom. The number of alkyl halides is 3. The van der Waals surface area contributed by atoms with Gasteiger partial charge in [-0.2, -0.15) is 0 Å². The first kappa shape index (κ1) is 16.0. The van der Waals surface area contributed by atoms with Crippen molar-refractivity contribution in [1.29, 1.82) is 0 Å². The Morgan fingerprint density at radius 2 is 1.89 bits per heavy atom. The van der Waals surface area contributed by atoms with E-state index < -0.39 is 6.43 Å². The van der Waals surface area contributed by atoms with E-state index in [2.05, 4.69) is 0 Å². The van der Waals surface area contributed by atoms with Crippen LogP contribution in [0, 0.1) is 0 Å². The quantitative estimate of drug-likeness (QED) is 0.688. The van der Waals surface area contributed by atoms with Crippen LogP contribution in [0.3, 0.4) is 0 Å². The van der Waals surface area contributed by atoms with Gasteiger partial charge in [0.05, 0.1) is 20.8 Å². The summed E-state index contributed by atoms with van der Waals surface area (Å²) in [5, 5.41) is 0. The van der Waals surface area contributed by atoms with Crippen LogP contribution in [0.4, 0.5) is 8.78 Å². The number of benzene rings is 1. The first-order valence-electron chi connectivity index (χ1n) is 5.88. The van der Waals surface area contributed by atoms with Crippen molar-refractivity contribution < 1.29 is 18.3 Å². The van der Waals surface area contributed by atoms with Gasteiger partial charge in [0.1, 0.15) is 0 Å². The van der Waals surface area contributed by atoms with Crippen LogP contribution >= 0.6 is 11.6 Å². The molecule has 0 unspecified atom stereocenters. The Hall–Kier alpha value is -1.07. The normalized spacial score (nSPS) is 11.1. The standard InChI is InChI=1S/C13H18ClF2NO2/c1-18-11-4-3-10(7-12(11)19-2)8-17(6-5-14)9-13(15)16/h3-4,7,13H,5-6,8-9H2,1-2H3. The van der Waals surface area contributed by atoms with Crippen LogP contribution in [0.15, 0.2) is 18.2 Å². The summed E-state index contributed by atoms with van der Waals surface area (Å²) in [6.45, 7) is 0.527. The van der Waals surface area contributed by atoms with E-state index in [0.29, 0.717) is 30.5 Å². The van der Waals surface area contributed by atoms with E-state index in [1.165, 1.54) is 7.11 Å². The van der Waals surface area contributed by atoms with E-state index in [1.807, 2.05) is 6.07 Å². The number of hydrogen-bond acceptors (Lipinski definition) is 3. The first-order valence-corrected chi connectivity index (χ1v) is 6.41. The zero-order chi connectivity index (χ0) is 14.3. The zero-order valence-electron chi connectivity index (χ0n) is 11.0. The zero-order valence-corrected chi connectivity index (χ0v) is 11.8. The molecule has 0 radical (unpaired) electrons. The summed E-state index contributed by atoms with van der Waals surface area (Å²) in [7, 11) is 3.09. The van der Waals surface area contributed by atoms with E-state index >= 15 is 0 Å². The highest BCUT2D eigenvalue weighted by Crippen LogP contribution is 2.28. The largest absolute Gasteiger partial charge is 0.493 e. The SMILES string of the molecule is COc1ccc(CN(CCCl)CC(F)F)cc1OC. The minimum atomic E-state index is -2.37. The molecule has 0 spiro atoms. The topological polar surface area (TPSA) is 21.7 Å². The predicted molar refractivity (Wildman–Crippen MR) is 71.5 cm³/mol. The third-order valence-electron chi connectivity index (χ3n) is 2.65. The molecule has 0 amide bonds. The highest BCUT2D eigenvalue weighted by atomic mass is 35.5. The predicted octanol–water partition coefficient (Wildman–Crippen LogP) is 3.01. The van der Waals surface area contributed by atoms with Crippen molar-refractivity contribution in [2.24, 2.45) is 0 Å². The lowest BCUT2D eigenvalue weighted by Crippen LogP contribution is -2.30. The minimum absolute atomic E-state index is 0.291. The number of halogens is 3. The number of nitrogens with zero attached hydrogens (tertiary/aromatic N) is 1. The summed E-state index contributed by atoms with van der Waals surface area (Å²) < 4.78 is 35.2. The second-order valence-electron chi connectivity index (χ2n) is 4.00. The third kappa shape index (κ3) is 5.20. The summed E-state index contributed by atoms with van der Waals surface area (Å²) in [4.78, 5) is 1.61. The fraction of sp³-hybridized carbons (Fsp3) is 0.538. The average molecular weight is 294 g/mol. The number of hydrogen-bond donors (Lipinski definition) is 0. The van der Waals surface area contributed by atoms with Gasteiger partial charge in [-0.15, -0.1) is 11.6 Å². The van der Waals surface area contributed by atoms with Crippen LogP contribution in [0.5, 0.6) is 11.5 Å². The second-order valence-corrected chi connectivity index (χ2v) is 4.38. The van der Waals surface area contributed by atoms with Crippen LogP contribution in [0.1, 0.15) is 5.56 Å². The molecule has 0 aliphatic rings. The Morgan fingerprint density at radius 1 is 1.21 bits per heavy atom. The van der Waals surface area contributed by atoms with Gasteiger partial charge in [0, 0.05) is 19.0 Å². The van der Waals surface area contributed by atoms with Gasteiger partial charge in [-0.3, -0.25) is 4.90 Å². The summed E-state index contributed by atoms with van der Waals surface area (Å²) in [5.41, 5.74) is 0.878. The van der Waals surface area contributed by atoms with Gasteiger partial charge in [-0.1, -0.05) is 6.07 Å². The molecule has 108 valence electrons. The molecule has 19 heavy (non-hydrogen) atoms. The Bertz CT molecular complexity index is 391. The van der Waals surface area contributed by atoms with Crippen LogP contribution in [-0.2, 0) is 6.54 Å². The molecule has 1 rings (SSSR count). The second kappa shape index (κ2) is 8.17. The molecular weight excluding hydrogens is 276 g/mol. The van der Waals surface area contributed by atoms with Gasteiger partial charge in [-0.25, -0.2) is 8.78 Å². The van der Waals surface area contributed by atoms with Crippen LogP contribution in [-0.4, -0.2) is 44.5 Å². The van der Waals surface area contributed by atoms with Crippen molar-refractivity contribution in [3.05, 3.63) is 23.8 Å². The van der Waals surface area contributed by atoms with E-state index in [9.17, 15) is 8.78 Å². The van der Waals surface area contributed by atoms with Gasteiger partial charge >= 0.3 is 0 Å². The van der Waals surface area contributed by atoms with Crippen LogP contribution in [0.2, 0.25) is 0 Å². The minimum Gasteiger partial charge on any atom is -0.493 e. The molecule has 0 atom stereocenters. The lowest BCUT2D eigenvalue weighted by Gasteiger charge is -2.21. The molecule has 1 aromatic carbocycles. The molecule has 0 bridgehead atoms. The highest BCUT2D eigenvalue weighted by Gasteiger charge is 2.13. The molecule has 0 heterocycles. The first-order chi connectivity index (χ1) is 9.10. The lowest BCUT2D eigenvalue weighted by molar-refractivity contribution is 0.0878. The van der Waals surface area contributed by atoms with Crippen molar-refractivity contribution in [1.82, 2.24) is 4.90 Å². The monoisotopic (exact) mass is 293 g/mol. The smallest absolute Gasteiger partial charge is 0.251 e. The fourth-order valence-corrected chi connectivity index (χ4v) is 2.03. The molecule has 0 aromatic heterocycles. The maximum atomic E-state index is 12.4. The summed E-state index contributed by atoms with van der Waals surface area (Å²) in [6.07, 6.45) is -2.37. The summed E-state index contributed by atoms with van der Waals surface area (Å²) in [6, 6.07) is 5.37. The third-order valence-corrected chi connectivity index (χ3v) is 2.82. The molecule has 6 heteroatoms. The van der Waals surface area contributed by atoms with Crippen molar-refractivity contribution in [3.63, 3.8) is 0 Å². The fourth-order valence-electron chi connectivity index (χ4n) is 1.79. The van der Waals surface area contributed by atoms with E-state index in [0.717, 1.165) is 5.56 Å². The molecule has 0 fully saturated rings. The lowest BCUT2D eigenvalue weighted by atomic mass is 10.2. The van der Waals surface area contributed by atoms with Crippen molar-refractivity contribution in [2.75, 3.05) is 33.2 Å². The van der Waals surface area contributed by atoms with E-state index in [-0.39, 0.29) is 6.54 Å². The Kier molecular flexibility index (Phi) is 6.87. The molecular formula is C13H18ClF2NO2. The molecule has 3 nitrogen and oxygen atoms in total. The highest BCUT2D eigenvalue weighted by molar-refractivity contribution is 6.18. The maximum absolute atomic E-state index is 12.4. The van der Waals surface area contributed by atoms with Crippen molar-refractivity contribution >= 4 is 11.6 Å². The Balaban J connectivity index is 2.78. The number of methoxy groups -OCH3 is 2. The van der Waals surface area contributed by atoms with Crippen molar-refractivity contribution in [2.45, 2.75) is 13.0 Å². The molecule has 0 aliphatic heterocycles. The van der Waals surface area contributed by atoms with Gasteiger partial charge in [0.25, 0.3) is 6.43 Å². The van der Waals surface area contributed by atoms with E-state index in [1.54, 1.807) is 24.1 Å². The van der Waals surface area contributed by atoms with Crippen LogP contribution < -0.4 is 9.47 Å². The average Bonchev–Trinajstić information content (AvgIpc) is 2.38.